The van der Waals surface area contributed by atoms with Crippen LogP contribution in [-0.2, 0) is 6.42 Å². The maximum Gasteiger partial charge on any atom is 0.125 e. The van der Waals surface area contributed by atoms with Crippen LogP contribution in [0, 0.1) is 0 Å². The minimum Gasteiger partial charge on any atom is -0.483 e. The van der Waals surface area contributed by atoms with E-state index < -0.39 is 0 Å². The monoisotopic (exact) mass is 214 g/mol. The predicted molar refractivity (Wildman–Crippen MR) is 67.8 cm³/mol. The Morgan fingerprint density at radius 2 is 2.19 bits per heavy atom. The Hall–Kier alpha value is -1.50. The molecule has 0 saturated heterocycles. The Balaban J connectivity index is 2.21. The fourth-order valence-electron chi connectivity index (χ4n) is 1.93. The van der Waals surface area contributed by atoms with Crippen molar-refractivity contribution in [2.45, 2.75) is 32.3 Å². The van der Waals surface area contributed by atoms with Crippen LogP contribution in [0.1, 0.15) is 25.8 Å². The highest BCUT2D eigenvalue weighted by atomic mass is 16.5. The lowest BCUT2D eigenvalue weighted by Gasteiger charge is -2.33. The fourth-order valence-corrected chi connectivity index (χ4v) is 1.93. The number of benzene rings is 1. The van der Waals surface area contributed by atoms with Gasteiger partial charge in [-0.05, 0) is 44.4 Å². The largest absolute Gasteiger partial charge is 0.483 e. The molecule has 1 nitrogen and oxygen atoms in total. The molecular weight excluding hydrogens is 196 g/mol. The van der Waals surface area contributed by atoms with E-state index >= 15 is 0 Å². The molecule has 0 unspecified atom stereocenters. The molecule has 0 amide bonds. The van der Waals surface area contributed by atoms with Crippen molar-refractivity contribution in [3.63, 3.8) is 0 Å². The summed E-state index contributed by atoms with van der Waals surface area (Å²) in [6.45, 7) is 8.00. The first kappa shape index (κ1) is 11.0. The van der Waals surface area contributed by atoms with Crippen LogP contribution in [0.15, 0.2) is 48.6 Å². The molecule has 0 N–H and O–H groups in total. The van der Waals surface area contributed by atoms with E-state index in [0.29, 0.717) is 0 Å². The zero-order valence-electron chi connectivity index (χ0n) is 9.99. The van der Waals surface area contributed by atoms with Crippen molar-refractivity contribution in [3.8, 4) is 5.75 Å². The first-order valence-corrected chi connectivity index (χ1v) is 5.71. The lowest BCUT2D eigenvalue weighted by Crippen LogP contribution is -2.34. The van der Waals surface area contributed by atoms with E-state index in [1.165, 1.54) is 5.56 Å². The summed E-state index contributed by atoms with van der Waals surface area (Å²) < 4.78 is 6.04. The first-order chi connectivity index (χ1) is 7.59. The first-order valence-electron chi connectivity index (χ1n) is 5.71. The van der Waals surface area contributed by atoms with Gasteiger partial charge in [-0.1, -0.05) is 36.4 Å². The molecule has 0 aliphatic carbocycles. The van der Waals surface area contributed by atoms with Crippen molar-refractivity contribution in [2.24, 2.45) is 0 Å². The highest BCUT2D eigenvalue weighted by molar-refractivity contribution is 5.37. The highest BCUT2D eigenvalue weighted by Gasteiger charge is 2.28. The number of aryl methyl sites for hydroxylation is 1. The van der Waals surface area contributed by atoms with Gasteiger partial charge in [0.15, 0.2) is 0 Å². The van der Waals surface area contributed by atoms with E-state index in [1.807, 2.05) is 25.1 Å². The van der Waals surface area contributed by atoms with Crippen LogP contribution in [-0.4, -0.2) is 5.60 Å². The number of allylic oxidation sites excluding steroid dienone is 2. The summed E-state index contributed by atoms with van der Waals surface area (Å²) in [4.78, 5) is 0. The Morgan fingerprint density at radius 1 is 1.44 bits per heavy atom. The molecule has 84 valence electrons. The summed E-state index contributed by atoms with van der Waals surface area (Å²) >= 11 is 0. The molecule has 1 heterocycles. The van der Waals surface area contributed by atoms with E-state index in [1.54, 1.807) is 0 Å². The van der Waals surface area contributed by atoms with Crippen LogP contribution in [0.3, 0.4) is 0 Å². The normalized spacial score (nSPS) is 23.9. The third-order valence-electron chi connectivity index (χ3n) is 2.93. The number of ether oxygens (including phenoxy) is 1. The number of rotatable bonds is 2. The van der Waals surface area contributed by atoms with Crippen LogP contribution < -0.4 is 4.74 Å². The lowest BCUT2D eigenvalue weighted by molar-refractivity contribution is 0.114. The molecule has 1 aromatic carbocycles. The van der Waals surface area contributed by atoms with Gasteiger partial charge in [-0.3, -0.25) is 0 Å². The Kier molecular flexibility index (Phi) is 2.86. The zero-order valence-corrected chi connectivity index (χ0v) is 9.99. The average molecular weight is 214 g/mol. The average Bonchev–Trinajstić information content (AvgIpc) is 2.26. The van der Waals surface area contributed by atoms with E-state index in [0.717, 1.165) is 24.2 Å². The molecule has 1 aromatic rings. The Morgan fingerprint density at radius 3 is 2.94 bits per heavy atom. The molecule has 0 spiro atoms. The van der Waals surface area contributed by atoms with Gasteiger partial charge in [0.1, 0.15) is 11.4 Å². The van der Waals surface area contributed by atoms with E-state index in [2.05, 4.69) is 31.7 Å². The highest BCUT2D eigenvalue weighted by Crippen LogP contribution is 2.33. The summed E-state index contributed by atoms with van der Waals surface area (Å²) in [7, 11) is 0. The molecular formula is C15H18O. The van der Waals surface area contributed by atoms with Crippen molar-refractivity contribution in [1.29, 1.82) is 0 Å². The van der Waals surface area contributed by atoms with Gasteiger partial charge in [-0.2, -0.15) is 0 Å². The molecule has 0 radical (unpaired) electrons. The van der Waals surface area contributed by atoms with E-state index in [4.69, 9.17) is 4.74 Å². The number of fused-ring (bicyclic) bond motifs is 1. The number of para-hydroxylation sites is 1. The Labute approximate surface area is 97.4 Å². The van der Waals surface area contributed by atoms with Crippen LogP contribution in [0.2, 0.25) is 0 Å². The maximum atomic E-state index is 6.04. The van der Waals surface area contributed by atoms with Gasteiger partial charge in [-0.15, -0.1) is 0 Å². The van der Waals surface area contributed by atoms with Crippen LogP contribution in [0.5, 0.6) is 5.75 Å². The molecule has 0 bridgehead atoms. The SMILES string of the molecule is C=C(C)/C=C/[C@]1(C)CCc2ccccc2O1. The van der Waals surface area contributed by atoms with Crippen LogP contribution in [0.4, 0.5) is 0 Å². The molecule has 1 aliphatic heterocycles. The van der Waals surface area contributed by atoms with Crippen LogP contribution >= 0.6 is 0 Å². The second kappa shape index (κ2) is 4.17. The van der Waals surface area contributed by atoms with Gasteiger partial charge in [-0.25, -0.2) is 0 Å². The predicted octanol–water partition coefficient (Wildman–Crippen LogP) is 3.90. The third kappa shape index (κ3) is 2.35. The molecule has 1 atom stereocenters. The van der Waals surface area contributed by atoms with Gasteiger partial charge < -0.3 is 4.74 Å². The van der Waals surface area contributed by atoms with Crippen molar-refractivity contribution in [2.75, 3.05) is 0 Å². The molecule has 16 heavy (non-hydrogen) atoms. The molecule has 0 fully saturated rings. The zero-order chi connectivity index (χ0) is 11.6. The second-order valence-electron chi connectivity index (χ2n) is 4.70. The van der Waals surface area contributed by atoms with Gasteiger partial charge in [0.2, 0.25) is 0 Å². The van der Waals surface area contributed by atoms with Crippen LogP contribution in [0.25, 0.3) is 0 Å². The minimum absolute atomic E-state index is 0.187. The maximum absolute atomic E-state index is 6.04. The van der Waals surface area contributed by atoms with Gasteiger partial charge >= 0.3 is 0 Å². The van der Waals surface area contributed by atoms with Crippen molar-refractivity contribution < 1.29 is 4.74 Å². The molecule has 0 aromatic heterocycles. The summed E-state index contributed by atoms with van der Waals surface area (Å²) in [5.41, 5.74) is 2.18. The second-order valence-corrected chi connectivity index (χ2v) is 4.70. The molecule has 1 heteroatoms. The number of hydrogen-bond acceptors (Lipinski definition) is 1. The van der Waals surface area contributed by atoms with Crippen molar-refractivity contribution in [1.82, 2.24) is 0 Å². The van der Waals surface area contributed by atoms with Crippen molar-refractivity contribution >= 4 is 0 Å². The fraction of sp³-hybridized carbons (Fsp3) is 0.333. The van der Waals surface area contributed by atoms with Gasteiger partial charge in [0.25, 0.3) is 0 Å². The molecule has 0 saturated carbocycles. The Bertz CT molecular complexity index is 431. The molecule has 1 aliphatic rings. The number of hydrogen-bond donors (Lipinski definition) is 0. The van der Waals surface area contributed by atoms with E-state index in [-0.39, 0.29) is 5.60 Å². The summed E-state index contributed by atoms with van der Waals surface area (Å²) in [5, 5.41) is 0. The summed E-state index contributed by atoms with van der Waals surface area (Å²) in [6.07, 6.45) is 6.25. The lowest BCUT2D eigenvalue weighted by atomic mass is 9.92. The third-order valence-corrected chi connectivity index (χ3v) is 2.93. The van der Waals surface area contributed by atoms with Gasteiger partial charge in [0.05, 0.1) is 0 Å². The standard InChI is InChI=1S/C15H18O/c1-12(2)8-10-15(3)11-9-13-6-4-5-7-14(13)16-15/h4-8,10H,1,9,11H2,2-3H3/b10-8+/t15-/m1/s1. The molecule has 2 rings (SSSR count). The minimum atomic E-state index is -0.187. The quantitative estimate of drug-likeness (QED) is 0.678. The van der Waals surface area contributed by atoms with E-state index in [9.17, 15) is 0 Å². The topological polar surface area (TPSA) is 9.23 Å². The summed E-state index contributed by atoms with van der Waals surface area (Å²) in [6, 6.07) is 8.26. The smallest absolute Gasteiger partial charge is 0.125 e. The van der Waals surface area contributed by atoms with Crippen molar-refractivity contribution in [3.05, 3.63) is 54.1 Å². The van der Waals surface area contributed by atoms with Gasteiger partial charge in [0, 0.05) is 0 Å². The summed E-state index contributed by atoms with van der Waals surface area (Å²) in [5.74, 6) is 1.02.